The molecule has 1 aliphatic rings. The Balaban J connectivity index is 1.99. The third-order valence-corrected chi connectivity index (χ3v) is 3.22. The number of likely N-dealkylation sites (tertiary alicyclic amines) is 1. The molecule has 1 saturated heterocycles. The summed E-state index contributed by atoms with van der Waals surface area (Å²) in [6, 6.07) is 1.28. The van der Waals surface area contributed by atoms with E-state index in [2.05, 4.69) is 10.5 Å². The van der Waals surface area contributed by atoms with Crippen molar-refractivity contribution in [2.24, 2.45) is 0 Å². The van der Waals surface area contributed by atoms with Crippen LogP contribution in [0.4, 0.5) is 5.82 Å². The quantitative estimate of drug-likeness (QED) is 0.899. The highest BCUT2D eigenvalue weighted by Crippen LogP contribution is 2.20. The van der Waals surface area contributed by atoms with Gasteiger partial charge in [-0.15, -0.1) is 0 Å². The van der Waals surface area contributed by atoms with Crippen LogP contribution < -0.4 is 5.32 Å². The highest BCUT2D eigenvalue weighted by Gasteiger charge is 2.33. The number of carbonyl (C=O) groups excluding carboxylic acids is 2. The molecule has 6 heteroatoms. The molecule has 0 radical (unpaired) electrons. The van der Waals surface area contributed by atoms with E-state index in [0.717, 1.165) is 12.8 Å². The molecule has 1 aromatic rings. The molecule has 1 N–H and O–H groups in total. The second kappa shape index (κ2) is 5.86. The Bertz CT molecular complexity index is 469. The fourth-order valence-corrected chi connectivity index (χ4v) is 2.33. The molecule has 1 aromatic heterocycles. The lowest BCUT2D eigenvalue weighted by atomic mass is 10.2. The van der Waals surface area contributed by atoms with Crippen LogP contribution in [-0.2, 0) is 9.59 Å². The summed E-state index contributed by atoms with van der Waals surface area (Å²) in [4.78, 5) is 25.8. The van der Waals surface area contributed by atoms with Crippen LogP contribution >= 0.6 is 0 Å². The van der Waals surface area contributed by atoms with Crippen LogP contribution in [0.15, 0.2) is 10.6 Å². The van der Waals surface area contributed by atoms with Crippen LogP contribution in [0.2, 0.25) is 0 Å². The van der Waals surface area contributed by atoms with Gasteiger partial charge in [0.25, 0.3) is 0 Å². The number of nitrogens with zero attached hydrogens (tertiary/aromatic N) is 2. The van der Waals surface area contributed by atoms with E-state index in [9.17, 15) is 9.59 Å². The van der Waals surface area contributed by atoms with E-state index in [-0.39, 0.29) is 17.9 Å². The van der Waals surface area contributed by atoms with Crippen LogP contribution in [0, 0.1) is 6.92 Å². The largest absolute Gasteiger partial charge is 0.360 e. The van der Waals surface area contributed by atoms with Gasteiger partial charge in [-0.1, -0.05) is 12.1 Å². The Morgan fingerprint density at radius 1 is 1.58 bits per heavy atom. The van der Waals surface area contributed by atoms with E-state index in [4.69, 9.17) is 4.52 Å². The van der Waals surface area contributed by atoms with E-state index in [1.54, 1.807) is 17.9 Å². The van der Waals surface area contributed by atoms with Gasteiger partial charge in [0.1, 0.15) is 11.8 Å². The van der Waals surface area contributed by atoms with Gasteiger partial charge in [0.15, 0.2) is 5.82 Å². The average molecular weight is 265 g/mol. The first kappa shape index (κ1) is 13.6. The lowest BCUT2D eigenvalue weighted by molar-refractivity contribution is -0.136. The van der Waals surface area contributed by atoms with Crippen molar-refractivity contribution in [3.8, 4) is 0 Å². The van der Waals surface area contributed by atoms with Gasteiger partial charge in [-0.25, -0.2) is 0 Å². The number of rotatable bonds is 4. The van der Waals surface area contributed by atoms with Crippen molar-refractivity contribution in [1.29, 1.82) is 0 Å². The van der Waals surface area contributed by atoms with Crippen molar-refractivity contribution in [3.63, 3.8) is 0 Å². The number of anilines is 1. The number of amides is 2. The molecule has 0 aliphatic carbocycles. The fourth-order valence-electron chi connectivity index (χ4n) is 2.33. The maximum absolute atomic E-state index is 12.2. The molecule has 1 fully saturated rings. The summed E-state index contributed by atoms with van der Waals surface area (Å²) < 4.78 is 4.90. The highest BCUT2D eigenvalue weighted by atomic mass is 16.5. The number of nitrogens with one attached hydrogen (secondary N) is 1. The Labute approximate surface area is 112 Å². The van der Waals surface area contributed by atoms with Crippen LogP contribution in [0.1, 0.15) is 38.4 Å². The zero-order valence-electron chi connectivity index (χ0n) is 11.3. The molecular weight excluding hydrogens is 246 g/mol. The van der Waals surface area contributed by atoms with Gasteiger partial charge in [-0.05, 0) is 26.2 Å². The lowest BCUT2D eigenvalue weighted by Gasteiger charge is -2.23. The molecule has 0 bridgehead atoms. The van der Waals surface area contributed by atoms with Crippen LogP contribution in [0.25, 0.3) is 0 Å². The molecule has 0 spiro atoms. The first-order chi connectivity index (χ1) is 9.11. The maximum Gasteiger partial charge on any atom is 0.248 e. The van der Waals surface area contributed by atoms with Gasteiger partial charge in [0, 0.05) is 19.0 Å². The van der Waals surface area contributed by atoms with Gasteiger partial charge < -0.3 is 14.7 Å². The molecule has 19 heavy (non-hydrogen) atoms. The predicted molar refractivity (Wildman–Crippen MR) is 69.5 cm³/mol. The molecule has 1 atom stereocenters. The summed E-state index contributed by atoms with van der Waals surface area (Å²) >= 11 is 0. The summed E-state index contributed by atoms with van der Waals surface area (Å²) in [6.07, 6.45) is 2.86. The van der Waals surface area contributed by atoms with Crippen molar-refractivity contribution < 1.29 is 14.1 Å². The van der Waals surface area contributed by atoms with Crippen LogP contribution in [-0.4, -0.2) is 34.5 Å². The number of hydrogen-bond donors (Lipinski definition) is 1. The first-order valence-corrected chi connectivity index (χ1v) is 6.65. The van der Waals surface area contributed by atoms with E-state index in [0.29, 0.717) is 31.0 Å². The summed E-state index contributed by atoms with van der Waals surface area (Å²) in [6.45, 7) is 4.38. The molecule has 6 nitrogen and oxygen atoms in total. The molecule has 2 heterocycles. The standard InChI is InChI=1S/C13H19N3O3/c1-3-5-12(17)16-7-4-6-10(16)13(18)14-11-8-9(2)19-15-11/h8,10H,3-7H2,1-2H3,(H,14,15,18)/t10-/m0/s1. The Hall–Kier alpha value is -1.85. The van der Waals surface area contributed by atoms with Crippen molar-refractivity contribution in [2.75, 3.05) is 11.9 Å². The SMILES string of the molecule is CCCC(=O)N1CCC[C@H]1C(=O)Nc1cc(C)on1. The monoisotopic (exact) mass is 265 g/mol. The Morgan fingerprint density at radius 3 is 3.00 bits per heavy atom. The van der Waals surface area contributed by atoms with Crippen LogP contribution in [0.3, 0.4) is 0 Å². The van der Waals surface area contributed by atoms with Crippen LogP contribution in [0.5, 0.6) is 0 Å². The highest BCUT2D eigenvalue weighted by molar-refractivity contribution is 5.96. The number of aryl methyl sites for hydroxylation is 1. The minimum absolute atomic E-state index is 0.0523. The minimum atomic E-state index is -0.379. The fraction of sp³-hybridized carbons (Fsp3) is 0.615. The minimum Gasteiger partial charge on any atom is -0.360 e. The third kappa shape index (κ3) is 3.13. The van der Waals surface area contributed by atoms with Crippen molar-refractivity contribution in [1.82, 2.24) is 10.1 Å². The molecule has 104 valence electrons. The average Bonchev–Trinajstić information content (AvgIpc) is 2.98. The van der Waals surface area contributed by atoms with Gasteiger partial charge in [-0.2, -0.15) is 0 Å². The lowest BCUT2D eigenvalue weighted by Crippen LogP contribution is -2.43. The van der Waals surface area contributed by atoms with E-state index in [1.165, 1.54) is 0 Å². The second-order valence-electron chi connectivity index (χ2n) is 4.81. The van der Waals surface area contributed by atoms with Crippen molar-refractivity contribution in [2.45, 2.75) is 45.6 Å². The van der Waals surface area contributed by atoms with E-state index < -0.39 is 0 Å². The number of aromatic nitrogens is 1. The smallest absolute Gasteiger partial charge is 0.248 e. The van der Waals surface area contributed by atoms with Gasteiger partial charge in [-0.3, -0.25) is 9.59 Å². The molecule has 0 aromatic carbocycles. The normalized spacial score (nSPS) is 18.6. The number of hydrogen-bond acceptors (Lipinski definition) is 4. The van der Waals surface area contributed by atoms with Gasteiger partial charge in [0.2, 0.25) is 11.8 Å². The summed E-state index contributed by atoms with van der Waals surface area (Å²) in [5, 5.41) is 6.42. The summed E-state index contributed by atoms with van der Waals surface area (Å²) in [5.41, 5.74) is 0. The molecule has 1 aliphatic heterocycles. The maximum atomic E-state index is 12.2. The number of carbonyl (C=O) groups is 2. The third-order valence-electron chi connectivity index (χ3n) is 3.22. The van der Waals surface area contributed by atoms with Crippen molar-refractivity contribution in [3.05, 3.63) is 11.8 Å². The molecule has 2 amide bonds. The second-order valence-corrected chi connectivity index (χ2v) is 4.81. The van der Waals surface area contributed by atoms with Gasteiger partial charge >= 0.3 is 0 Å². The topological polar surface area (TPSA) is 75.4 Å². The van der Waals surface area contributed by atoms with Crippen molar-refractivity contribution >= 4 is 17.6 Å². The zero-order chi connectivity index (χ0) is 13.8. The molecule has 0 saturated carbocycles. The summed E-state index contributed by atoms with van der Waals surface area (Å²) in [7, 11) is 0. The molecule has 0 unspecified atom stereocenters. The van der Waals surface area contributed by atoms with E-state index >= 15 is 0 Å². The Morgan fingerprint density at radius 2 is 2.37 bits per heavy atom. The van der Waals surface area contributed by atoms with Gasteiger partial charge in [0.05, 0.1) is 0 Å². The molecular formula is C13H19N3O3. The summed E-state index contributed by atoms with van der Waals surface area (Å²) in [5.74, 6) is 0.907. The predicted octanol–water partition coefficient (Wildman–Crippen LogP) is 1.71. The zero-order valence-corrected chi connectivity index (χ0v) is 11.3. The first-order valence-electron chi connectivity index (χ1n) is 6.65. The van der Waals surface area contributed by atoms with E-state index in [1.807, 2.05) is 6.92 Å². The molecule has 2 rings (SSSR count). The Kier molecular flexibility index (Phi) is 4.19.